The monoisotopic (exact) mass is 891 g/mol. The minimum Gasteiger partial charge on any atom is -0.394 e. The molecule has 1 rings (SSSR count). The minimum atomic E-state index is -1.55. The number of rotatable bonds is 44. The van der Waals surface area contributed by atoms with Crippen LogP contribution in [0.4, 0.5) is 4.39 Å². The van der Waals surface area contributed by atoms with E-state index in [4.69, 9.17) is 9.47 Å². The summed E-state index contributed by atoms with van der Waals surface area (Å²) in [6.45, 7) is 1.59. The van der Waals surface area contributed by atoms with Crippen molar-refractivity contribution in [2.75, 3.05) is 37.7 Å². The van der Waals surface area contributed by atoms with E-state index < -0.39 is 49.3 Å². The summed E-state index contributed by atoms with van der Waals surface area (Å²) in [6.07, 6.45) is 45.6. The maximum Gasteiger partial charge on any atom is 0.186 e. The summed E-state index contributed by atoms with van der Waals surface area (Å²) in [6, 6.07) is 0. The Balaban J connectivity index is 2.22. The summed E-state index contributed by atoms with van der Waals surface area (Å²) in [4.78, 5) is 0. The molecule has 0 spiro atoms. The third-order valence-corrected chi connectivity index (χ3v) is 14.5. The molecule has 0 amide bonds. The molecule has 0 aromatic rings. The number of halogens is 1. The maximum atomic E-state index is 15.3. The SMILES string of the molecule is CCCCCCCCCCCCCCC[C@@H](O)[C@@H](/C=C(/F)CCCCCCCCCCCCCCCCCCCCCCCS(C)(C)C)COC1OC(CO)C(O)C(O)C1O. The molecule has 7 atom stereocenters. The van der Waals surface area contributed by atoms with Gasteiger partial charge < -0.3 is 35.0 Å². The second kappa shape index (κ2) is 40.1. The Morgan fingerprint density at radius 3 is 1.33 bits per heavy atom. The largest absolute Gasteiger partial charge is 0.394 e. The lowest BCUT2D eigenvalue weighted by Crippen LogP contribution is -2.59. The van der Waals surface area contributed by atoms with Gasteiger partial charge in [-0.2, -0.15) is 0 Å². The van der Waals surface area contributed by atoms with Gasteiger partial charge in [0.25, 0.3) is 0 Å². The summed E-state index contributed by atoms with van der Waals surface area (Å²) in [7, 11) is -0.304. The number of aliphatic hydroxyl groups is 5. The summed E-state index contributed by atoms with van der Waals surface area (Å²) in [5.41, 5.74) is 0. The van der Waals surface area contributed by atoms with E-state index in [0.717, 1.165) is 38.5 Å². The van der Waals surface area contributed by atoms with E-state index >= 15 is 4.39 Å². The number of allylic oxidation sites excluding steroid dienone is 1. The average Bonchev–Trinajstić information content (AvgIpc) is 3.23. The van der Waals surface area contributed by atoms with Crippen LogP contribution in [-0.2, 0) is 9.47 Å². The van der Waals surface area contributed by atoms with Crippen molar-refractivity contribution in [3.8, 4) is 0 Å². The van der Waals surface area contributed by atoms with Crippen LogP contribution in [0.25, 0.3) is 0 Å². The van der Waals surface area contributed by atoms with Crippen molar-refractivity contribution < 1.29 is 39.4 Å². The van der Waals surface area contributed by atoms with Gasteiger partial charge in [-0.15, -0.1) is 0 Å². The predicted molar refractivity (Wildman–Crippen MR) is 261 cm³/mol. The van der Waals surface area contributed by atoms with Gasteiger partial charge in [0.05, 0.1) is 25.1 Å². The Labute approximate surface area is 378 Å². The molecule has 1 aliphatic rings. The normalized spacial score (nSPS) is 21.3. The highest BCUT2D eigenvalue weighted by Gasteiger charge is 2.44. The molecule has 61 heavy (non-hydrogen) atoms. The standard InChI is InChI=1S/C52H103FO7S/c1-5-6-7-8-9-10-11-21-25-28-31-34-37-40-47(55)45(44-59-52-51(58)50(57)49(56)48(43-54)60-52)42-46(53)39-36-33-30-27-24-22-19-17-15-13-12-14-16-18-20-23-26-29-32-35-38-41-61(2,3)4/h42,45,47-52,54-58H,5-41,43-44H2,1-4H3/b46-42+/t45-,47+,48?,49?,50?,51?,52?/m0/s1. The summed E-state index contributed by atoms with van der Waals surface area (Å²) in [5, 5.41) is 51.5. The first-order valence-corrected chi connectivity index (χ1v) is 29.1. The highest BCUT2D eigenvalue weighted by molar-refractivity contribution is 8.32. The van der Waals surface area contributed by atoms with E-state index in [-0.39, 0.29) is 22.5 Å². The fourth-order valence-corrected chi connectivity index (χ4v) is 9.84. The predicted octanol–water partition coefficient (Wildman–Crippen LogP) is 13.4. The Morgan fingerprint density at radius 1 is 0.557 bits per heavy atom. The smallest absolute Gasteiger partial charge is 0.186 e. The van der Waals surface area contributed by atoms with E-state index in [1.54, 1.807) is 0 Å². The molecule has 1 fully saturated rings. The lowest BCUT2D eigenvalue weighted by atomic mass is 9.95. The fraction of sp³-hybridized carbons (Fsp3) is 0.962. The van der Waals surface area contributed by atoms with E-state index in [1.807, 2.05) is 0 Å². The first kappa shape index (κ1) is 58.8. The van der Waals surface area contributed by atoms with Crippen LogP contribution in [-0.4, -0.2) is 100 Å². The summed E-state index contributed by atoms with van der Waals surface area (Å²) < 4.78 is 26.6. The highest BCUT2D eigenvalue weighted by atomic mass is 32.3. The van der Waals surface area contributed by atoms with E-state index in [0.29, 0.717) is 12.8 Å². The zero-order valence-electron chi connectivity index (χ0n) is 40.5. The van der Waals surface area contributed by atoms with Crippen molar-refractivity contribution in [2.45, 2.75) is 275 Å². The lowest BCUT2D eigenvalue weighted by Gasteiger charge is -2.40. The molecule has 366 valence electrons. The second-order valence-electron chi connectivity index (χ2n) is 19.9. The van der Waals surface area contributed by atoms with Crippen LogP contribution in [0.5, 0.6) is 0 Å². The van der Waals surface area contributed by atoms with Gasteiger partial charge in [0.1, 0.15) is 24.4 Å². The van der Waals surface area contributed by atoms with Gasteiger partial charge in [0.2, 0.25) is 0 Å². The molecule has 7 nitrogen and oxygen atoms in total. The molecule has 0 aromatic heterocycles. The van der Waals surface area contributed by atoms with Gasteiger partial charge in [0.15, 0.2) is 6.29 Å². The van der Waals surface area contributed by atoms with Gasteiger partial charge in [-0.3, -0.25) is 0 Å². The van der Waals surface area contributed by atoms with Crippen molar-refractivity contribution in [3.05, 3.63) is 11.9 Å². The van der Waals surface area contributed by atoms with Gasteiger partial charge in [-0.05, 0) is 56.3 Å². The van der Waals surface area contributed by atoms with Crippen LogP contribution in [0, 0.1) is 5.92 Å². The van der Waals surface area contributed by atoms with Crippen molar-refractivity contribution in [1.82, 2.24) is 0 Å². The van der Waals surface area contributed by atoms with Crippen LogP contribution in [0.3, 0.4) is 0 Å². The van der Waals surface area contributed by atoms with Crippen LogP contribution in [0.1, 0.15) is 238 Å². The molecule has 0 radical (unpaired) electrons. The molecule has 5 unspecified atom stereocenters. The van der Waals surface area contributed by atoms with E-state index in [2.05, 4.69) is 25.7 Å². The third kappa shape index (κ3) is 33.8. The van der Waals surface area contributed by atoms with Crippen molar-refractivity contribution >= 4 is 10.0 Å². The van der Waals surface area contributed by atoms with Crippen molar-refractivity contribution in [3.63, 3.8) is 0 Å². The first-order valence-electron chi connectivity index (χ1n) is 26.1. The van der Waals surface area contributed by atoms with Crippen LogP contribution < -0.4 is 0 Å². The molecule has 0 aromatic carbocycles. The molecule has 0 saturated carbocycles. The summed E-state index contributed by atoms with van der Waals surface area (Å²) >= 11 is 0. The third-order valence-electron chi connectivity index (χ3n) is 13.0. The Hall–Kier alpha value is -0.260. The van der Waals surface area contributed by atoms with Crippen molar-refractivity contribution in [2.24, 2.45) is 5.92 Å². The van der Waals surface area contributed by atoms with E-state index in [9.17, 15) is 25.5 Å². The molecule has 1 heterocycles. The Kier molecular flexibility index (Phi) is 38.6. The van der Waals surface area contributed by atoms with Crippen molar-refractivity contribution in [1.29, 1.82) is 0 Å². The number of ether oxygens (including phenoxy) is 2. The van der Waals surface area contributed by atoms with Gasteiger partial charge in [0, 0.05) is 5.92 Å². The number of unbranched alkanes of at least 4 members (excludes halogenated alkanes) is 32. The van der Waals surface area contributed by atoms with E-state index in [1.165, 1.54) is 192 Å². The molecule has 1 saturated heterocycles. The first-order chi connectivity index (χ1) is 29.5. The van der Waals surface area contributed by atoms with Gasteiger partial charge >= 0.3 is 0 Å². The zero-order chi connectivity index (χ0) is 44.8. The minimum absolute atomic E-state index is 0.116. The topological polar surface area (TPSA) is 120 Å². The quantitative estimate of drug-likeness (QED) is 0.0387. The Bertz CT molecular complexity index is 978. The number of hydrogen-bond acceptors (Lipinski definition) is 7. The lowest BCUT2D eigenvalue weighted by molar-refractivity contribution is -0.303. The summed E-state index contributed by atoms with van der Waals surface area (Å²) in [5.74, 6) is 0.527. The van der Waals surface area contributed by atoms with Crippen LogP contribution in [0.2, 0.25) is 0 Å². The molecular weight excluding hydrogens is 788 g/mol. The molecule has 0 bridgehead atoms. The van der Waals surface area contributed by atoms with Gasteiger partial charge in [-0.25, -0.2) is 14.4 Å². The second-order valence-corrected chi connectivity index (χ2v) is 24.5. The van der Waals surface area contributed by atoms with Crippen LogP contribution >= 0.6 is 10.0 Å². The number of aliphatic hydroxyl groups excluding tert-OH is 5. The maximum absolute atomic E-state index is 15.3. The molecule has 9 heteroatoms. The Morgan fingerprint density at radius 2 is 0.934 bits per heavy atom. The fourth-order valence-electron chi connectivity index (χ4n) is 8.77. The van der Waals surface area contributed by atoms with Crippen LogP contribution in [0.15, 0.2) is 11.9 Å². The zero-order valence-corrected chi connectivity index (χ0v) is 41.4. The van der Waals surface area contributed by atoms with Gasteiger partial charge in [-0.1, -0.05) is 212 Å². The number of hydrogen-bond donors (Lipinski definition) is 5. The average molecular weight is 891 g/mol. The molecule has 0 aliphatic carbocycles. The molecular formula is C52H103FO7S. The molecule has 1 aliphatic heterocycles. The molecule has 5 N–H and O–H groups in total. The highest BCUT2D eigenvalue weighted by Crippen LogP contribution is 2.35.